The molecule has 2 heterocycles. The SMILES string of the molecule is Cc1cnn(-c2ccc(C3CCCCN3)cc2)n1. The lowest BCUT2D eigenvalue weighted by Gasteiger charge is -2.23. The van der Waals surface area contributed by atoms with Crippen LogP contribution in [0.2, 0.25) is 0 Å². The maximum absolute atomic E-state index is 4.31. The van der Waals surface area contributed by atoms with Gasteiger partial charge < -0.3 is 5.32 Å². The number of piperidine rings is 1. The van der Waals surface area contributed by atoms with Crippen LogP contribution in [0.5, 0.6) is 0 Å². The number of rotatable bonds is 2. The van der Waals surface area contributed by atoms with Crippen LogP contribution in [0.25, 0.3) is 5.69 Å². The zero-order valence-electron chi connectivity index (χ0n) is 10.6. The molecule has 1 aliphatic heterocycles. The summed E-state index contributed by atoms with van der Waals surface area (Å²) in [4.78, 5) is 1.67. The van der Waals surface area contributed by atoms with Crippen LogP contribution in [0, 0.1) is 6.92 Å². The number of aryl methyl sites for hydroxylation is 1. The topological polar surface area (TPSA) is 42.7 Å². The summed E-state index contributed by atoms with van der Waals surface area (Å²) in [5.41, 5.74) is 3.32. The summed E-state index contributed by atoms with van der Waals surface area (Å²) in [6.45, 7) is 3.08. The summed E-state index contributed by atoms with van der Waals surface area (Å²) in [6.07, 6.45) is 5.62. The molecule has 0 bridgehead atoms. The Bertz CT molecular complexity index is 509. The molecule has 0 saturated carbocycles. The predicted octanol–water partition coefficient (Wildman–Crippen LogP) is 2.39. The number of aromatic nitrogens is 3. The number of hydrogen-bond donors (Lipinski definition) is 1. The summed E-state index contributed by atoms with van der Waals surface area (Å²) >= 11 is 0. The molecule has 1 atom stereocenters. The minimum Gasteiger partial charge on any atom is -0.310 e. The van der Waals surface area contributed by atoms with Crippen LogP contribution in [-0.2, 0) is 0 Å². The van der Waals surface area contributed by atoms with Crippen LogP contribution in [-0.4, -0.2) is 21.5 Å². The van der Waals surface area contributed by atoms with Crippen LogP contribution in [0.3, 0.4) is 0 Å². The molecule has 0 amide bonds. The molecular formula is C14H18N4. The van der Waals surface area contributed by atoms with Crippen LogP contribution in [0.1, 0.15) is 36.6 Å². The predicted molar refractivity (Wildman–Crippen MR) is 70.7 cm³/mol. The van der Waals surface area contributed by atoms with Crippen molar-refractivity contribution in [2.45, 2.75) is 32.2 Å². The number of hydrogen-bond acceptors (Lipinski definition) is 3. The molecule has 1 aliphatic rings. The van der Waals surface area contributed by atoms with E-state index >= 15 is 0 Å². The molecule has 1 unspecified atom stereocenters. The molecule has 2 aromatic rings. The third-order valence-electron chi connectivity index (χ3n) is 3.44. The van der Waals surface area contributed by atoms with E-state index in [-0.39, 0.29) is 0 Å². The van der Waals surface area contributed by atoms with Crippen LogP contribution in [0.4, 0.5) is 0 Å². The number of benzene rings is 1. The normalized spacial score (nSPS) is 19.9. The van der Waals surface area contributed by atoms with Crippen LogP contribution >= 0.6 is 0 Å². The van der Waals surface area contributed by atoms with E-state index in [0.29, 0.717) is 6.04 Å². The van der Waals surface area contributed by atoms with Crippen molar-refractivity contribution in [3.63, 3.8) is 0 Å². The standard InChI is InChI=1S/C14H18N4/c1-11-10-16-18(17-11)13-7-5-12(6-8-13)14-4-2-3-9-15-14/h5-8,10,14-15H,2-4,9H2,1H3. The molecule has 1 N–H and O–H groups in total. The van der Waals surface area contributed by atoms with Gasteiger partial charge in [0.15, 0.2) is 0 Å². The summed E-state index contributed by atoms with van der Waals surface area (Å²) in [6, 6.07) is 9.05. The molecule has 4 heteroatoms. The highest BCUT2D eigenvalue weighted by molar-refractivity contribution is 5.34. The fraction of sp³-hybridized carbons (Fsp3) is 0.429. The van der Waals surface area contributed by atoms with Gasteiger partial charge in [-0.2, -0.15) is 15.0 Å². The zero-order chi connectivity index (χ0) is 12.4. The molecule has 3 rings (SSSR count). The van der Waals surface area contributed by atoms with E-state index in [1.807, 2.05) is 6.92 Å². The van der Waals surface area contributed by atoms with E-state index in [1.54, 1.807) is 11.0 Å². The van der Waals surface area contributed by atoms with Crippen molar-refractivity contribution >= 4 is 0 Å². The highest BCUT2D eigenvalue weighted by Crippen LogP contribution is 2.23. The van der Waals surface area contributed by atoms with Gasteiger partial charge in [0.1, 0.15) is 0 Å². The summed E-state index contributed by atoms with van der Waals surface area (Å²) < 4.78 is 0. The molecule has 1 aromatic heterocycles. The fourth-order valence-electron chi connectivity index (χ4n) is 2.44. The van der Waals surface area contributed by atoms with Crippen molar-refractivity contribution < 1.29 is 0 Å². The molecular weight excluding hydrogens is 224 g/mol. The number of nitrogens with one attached hydrogen (secondary N) is 1. The molecule has 0 spiro atoms. The second kappa shape index (κ2) is 4.90. The van der Waals surface area contributed by atoms with Gasteiger partial charge >= 0.3 is 0 Å². The Balaban J connectivity index is 1.80. The summed E-state index contributed by atoms with van der Waals surface area (Å²) in [5.74, 6) is 0. The number of nitrogens with zero attached hydrogens (tertiary/aromatic N) is 3. The smallest absolute Gasteiger partial charge is 0.0856 e. The zero-order valence-corrected chi connectivity index (χ0v) is 10.6. The molecule has 4 nitrogen and oxygen atoms in total. The Labute approximate surface area is 107 Å². The highest BCUT2D eigenvalue weighted by Gasteiger charge is 2.14. The van der Waals surface area contributed by atoms with E-state index in [4.69, 9.17) is 0 Å². The maximum atomic E-state index is 4.31. The largest absolute Gasteiger partial charge is 0.310 e. The van der Waals surface area contributed by atoms with Crippen LogP contribution in [0.15, 0.2) is 30.5 Å². The Morgan fingerprint density at radius 1 is 1.22 bits per heavy atom. The van der Waals surface area contributed by atoms with Crippen molar-refractivity contribution in [2.24, 2.45) is 0 Å². The molecule has 0 radical (unpaired) electrons. The summed E-state index contributed by atoms with van der Waals surface area (Å²) in [7, 11) is 0. The van der Waals surface area contributed by atoms with Gasteiger partial charge in [0.25, 0.3) is 0 Å². The Morgan fingerprint density at radius 2 is 2.06 bits per heavy atom. The van der Waals surface area contributed by atoms with Crippen molar-refractivity contribution in [2.75, 3.05) is 6.54 Å². The third-order valence-corrected chi connectivity index (χ3v) is 3.44. The molecule has 94 valence electrons. The molecule has 18 heavy (non-hydrogen) atoms. The first kappa shape index (κ1) is 11.4. The lowest BCUT2D eigenvalue weighted by atomic mass is 9.97. The van der Waals surface area contributed by atoms with Gasteiger partial charge in [-0.1, -0.05) is 18.6 Å². The Morgan fingerprint density at radius 3 is 2.67 bits per heavy atom. The van der Waals surface area contributed by atoms with E-state index < -0.39 is 0 Å². The minimum absolute atomic E-state index is 0.514. The molecule has 0 aliphatic carbocycles. The first-order valence-corrected chi connectivity index (χ1v) is 6.55. The van der Waals surface area contributed by atoms with Gasteiger partial charge in [-0.3, -0.25) is 0 Å². The second-order valence-electron chi connectivity index (χ2n) is 4.87. The lowest BCUT2D eigenvalue weighted by Crippen LogP contribution is -2.26. The average Bonchev–Trinajstić information content (AvgIpc) is 2.87. The van der Waals surface area contributed by atoms with Crippen LogP contribution < -0.4 is 5.32 Å². The van der Waals surface area contributed by atoms with Gasteiger partial charge in [-0.15, -0.1) is 0 Å². The van der Waals surface area contributed by atoms with Gasteiger partial charge in [0.05, 0.1) is 17.6 Å². The van der Waals surface area contributed by atoms with Gasteiger partial charge in [-0.05, 0) is 44.0 Å². The Hall–Kier alpha value is -1.68. The van der Waals surface area contributed by atoms with Crippen molar-refractivity contribution in [3.05, 3.63) is 41.7 Å². The Kier molecular flexibility index (Phi) is 3.11. The highest BCUT2D eigenvalue weighted by atomic mass is 15.5. The van der Waals surface area contributed by atoms with Crippen molar-refractivity contribution in [1.82, 2.24) is 20.3 Å². The molecule has 1 aromatic carbocycles. The quantitative estimate of drug-likeness (QED) is 0.879. The lowest BCUT2D eigenvalue weighted by molar-refractivity contribution is 0.412. The minimum atomic E-state index is 0.514. The van der Waals surface area contributed by atoms with E-state index in [2.05, 4.69) is 39.8 Å². The van der Waals surface area contributed by atoms with Crippen molar-refractivity contribution in [1.29, 1.82) is 0 Å². The molecule has 1 fully saturated rings. The van der Waals surface area contributed by atoms with Gasteiger partial charge in [-0.25, -0.2) is 0 Å². The average molecular weight is 242 g/mol. The second-order valence-corrected chi connectivity index (χ2v) is 4.87. The fourth-order valence-corrected chi connectivity index (χ4v) is 2.44. The first-order valence-electron chi connectivity index (χ1n) is 6.55. The first-order chi connectivity index (χ1) is 8.83. The third kappa shape index (κ3) is 2.29. The van der Waals surface area contributed by atoms with Gasteiger partial charge in [0.2, 0.25) is 0 Å². The van der Waals surface area contributed by atoms with E-state index in [1.165, 1.54) is 24.8 Å². The van der Waals surface area contributed by atoms with Crippen molar-refractivity contribution in [3.8, 4) is 5.69 Å². The van der Waals surface area contributed by atoms with Gasteiger partial charge in [0, 0.05) is 6.04 Å². The molecule has 1 saturated heterocycles. The summed E-state index contributed by atoms with van der Waals surface area (Å²) in [5, 5.41) is 12.1. The van der Waals surface area contributed by atoms with E-state index in [9.17, 15) is 0 Å². The van der Waals surface area contributed by atoms with E-state index in [0.717, 1.165) is 17.9 Å². The maximum Gasteiger partial charge on any atom is 0.0856 e. The monoisotopic (exact) mass is 242 g/mol.